The highest BCUT2D eigenvalue weighted by Gasteiger charge is 2.19. The van der Waals surface area contributed by atoms with Crippen molar-refractivity contribution >= 4 is 0 Å². The molecule has 2 heterocycles. The molecule has 1 fully saturated rings. The molecule has 1 aromatic rings. The van der Waals surface area contributed by atoms with Crippen LogP contribution in [0, 0.1) is 6.92 Å². The molecule has 4 heteroatoms. The van der Waals surface area contributed by atoms with Gasteiger partial charge in [-0.2, -0.15) is 5.10 Å². The highest BCUT2D eigenvalue weighted by atomic mass is 16.1. The molecule has 0 saturated carbocycles. The highest BCUT2D eigenvalue weighted by Crippen LogP contribution is 2.15. The van der Waals surface area contributed by atoms with Gasteiger partial charge in [0.2, 0.25) is 0 Å². The van der Waals surface area contributed by atoms with Gasteiger partial charge in [0, 0.05) is 12.1 Å². The van der Waals surface area contributed by atoms with Crippen molar-refractivity contribution in [2.45, 2.75) is 38.8 Å². The van der Waals surface area contributed by atoms with E-state index in [-0.39, 0.29) is 5.56 Å². The number of hydrogen-bond acceptors (Lipinski definition) is 3. The molecule has 0 aromatic carbocycles. The van der Waals surface area contributed by atoms with Crippen LogP contribution in [0.5, 0.6) is 0 Å². The molecule has 0 N–H and O–H groups in total. The van der Waals surface area contributed by atoms with Crippen molar-refractivity contribution in [1.29, 1.82) is 0 Å². The van der Waals surface area contributed by atoms with E-state index in [1.54, 1.807) is 16.8 Å². The molecule has 4 nitrogen and oxygen atoms in total. The van der Waals surface area contributed by atoms with Gasteiger partial charge >= 0.3 is 0 Å². The van der Waals surface area contributed by atoms with Crippen LogP contribution in [0.25, 0.3) is 0 Å². The molecule has 0 aliphatic carbocycles. The van der Waals surface area contributed by atoms with E-state index in [9.17, 15) is 4.79 Å². The number of rotatable bonds is 2. The molecule has 16 heavy (non-hydrogen) atoms. The average Bonchev–Trinajstić information content (AvgIpc) is 2.27. The van der Waals surface area contributed by atoms with Crippen LogP contribution in [0.3, 0.4) is 0 Å². The standard InChI is InChI=1S/C12H19N3O/c1-10-6-7-12(16)15(13-10)9-11-5-3-4-8-14(11)2/h6-7,11H,3-5,8-9H2,1-2H3. The predicted molar refractivity (Wildman–Crippen MR) is 63.5 cm³/mol. The fourth-order valence-corrected chi connectivity index (χ4v) is 2.26. The van der Waals surface area contributed by atoms with Gasteiger partial charge in [-0.1, -0.05) is 6.42 Å². The molecule has 1 aliphatic rings. The summed E-state index contributed by atoms with van der Waals surface area (Å²) in [5.41, 5.74) is 0.905. The van der Waals surface area contributed by atoms with Crippen LogP contribution in [0.2, 0.25) is 0 Å². The zero-order valence-electron chi connectivity index (χ0n) is 10.0. The van der Waals surface area contributed by atoms with Crippen LogP contribution in [0.1, 0.15) is 25.0 Å². The van der Waals surface area contributed by atoms with Crippen molar-refractivity contribution in [1.82, 2.24) is 14.7 Å². The second kappa shape index (κ2) is 4.78. The second-order valence-corrected chi connectivity index (χ2v) is 4.63. The summed E-state index contributed by atoms with van der Waals surface area (Å²) in [5.74, 6) is 0. The summed E-state index contributed by atoms with van der Waals surface area (Å²) in [6.07, 6.45) is 3.69. The average molecular weight is 221 g/mol. The second-order valence-electron chi connectivity index (χ2n) is 4.63. The van der Waals surface area contributed by atoms with Crippen LogP contribution in [-0.2, 0) is 6.54 Å². The molecule has 0 spiro atoms. The topological polar surface area (TPSA) is 38.1 Å². The SMILES string of the molecule is Cc1ccc(=O)n(CC2CCCCN2C)n1. The maximum absolute atomic E-state index is 11.6. The third-order valence-corrected chi connectivity index (χ3v) is 3.31. The van der Waals surface area contributed by atoms with Gasteiger partial charge in [-0.05, 0) is 39.4 Å². The molecule has 88 valence electrons. The Labute approximate surface area is 95.9 Å². The summed E-state index contributed by atoms with van der Waals surface area (Å²) in [6.45, 7) is 3.77. The quantitative estimate of drug-likeness (QED) is 0.749. The van der Waals surface area contributed by atoms with Crippen LogP contribution >= 0.6 is 0 Å². The van der Waals surface area contributed by atoms with Crippen molar-refractivity contribution in [3.05, 3.63) is 28.2 Å². The van der Waals surface area contributed by atoms with Crippen LogP contribution in [-0.4, -0.2) is 34.3 Å². The summed E-state index contributed by atoms with van der Waals surface area (Å²) in [7, 11) is 2.13. The number of likely N-dealkylation sites (tertiary alicyclic amines) is 1. The summed E-state index contributed by atoms with van der Waals surface area (Å²) in [4.78, 5) is 14.0. The Balaban J connectivity index is 2.13. The van der Waals surface area contributed by atoms with Crippen LogP contribution in [0.15, 0.2) is 16.9 Å². The van der Waals surface area contributed by atoms with Gasteiger partial charge in [0.25, 0.3) is 5.56 Å². The van der Waals surface area contributed by atoms with E-state index in [4.69, 9.17) is 0 Å². The maximum atomic E-state index is 11.6. The van der Waals surface area contributed by atoms with Gasteiger partial charge in [-0.25, -0.2) is 4.68 Å². The fraction of sp³-hybridized carbons (Fsp3) is 0.667. The molecule has 2 rings (SSSR count). The van der Waals surface area contributed by atoms with Gasteiger partial charge in [-0.15, -0.1) is 0 Å². The number of nitrogens with zero attached hydrogens (tertiary/aromatic N) is 3. The highest BCUT2D eigenvalue weighted by molar-refractivity contribution is 4.97. The molecule has 1 aromatic heterocycles. The van der Waals surface area contributed by atoms with E-state index < -0.39 is 0 Å². The largest absolute Gasteiger partial charge is 0.302 e. The minimum Gasteiger partial charge on any atom is -0.302 e. The number of piperidine rings is 1. The monoisotopic (exact) mass is 221 g/mol. The Morgan fingerprint density at radius 3 is 3.00 bits per heavy atom. The molecule has 0 amide bonds. The van der Waals surface area contributed by atoms with Gasteiger partial charge in [0.05, 0.1) is 12.2 Å². The minimum atomic E-state index is 0.00423. The summed E-state index contributed by atoms with van der Waals surface area (Å²) in [6, 6.07) is 3.83. The minimum absolute atomic E-state index is 0.00423. The molecule has 0 radical (unpaired) electrons. The third-order valence-electron chi connectivity index (χ3n) is 3.31. The van der Waals surface area contributed by atoms with Crippen molar-refractivity contribution < 1.29 is 0 Å². The fourth-order valence-electron chi connectivity index (χ4n) is 2.26. The van der Waals surface area contributed by atoms with Crippen molar-refractivity contribution in [3.8, 4) is 0 Å². The Bertz CT molecular complexity index is 413. The lowest BCUT2D eigenvalue weighted by atomic mass is 10.0. The number of likely N-dealkylation sites (N-methyl/N-ethyl adjacent to an activating group) is 1. The molecule has 0 bridgehead atoms. The molecule has 1 aliphatic heterocycles. The van der Waals surface area contributed by atoms with Gasteiger partial charge < -0.3 is 4.90 Å². The van der Waals surface area contributed by atoms with Gasteiger partial charge in [-0.3, -0.25) is 4.79 Å². The molecular formula is C12H19N3O. The Morgan fingerprint density at radius 1 is 1.44 bits per heavy atom. The number of hydrogen-bond donors (Lipinski definition) is 0. The molecule has 1 atom stereocenters. The summed E-state index contributed by atoms with van der Waals surface area (Å²) < 4.78 is 1.60. The van der Waals surface area contributed by atoms with Gasteiger partial charge in [0.1, 0.15) is 0 Å². The molecule has 1 saturated heterocycles. The Kier molecular flexibility index (Phi) is 3.39. The van der Waals surface area contributed by atoms with E-state index in [1.807, 2.05) is 6.92 Å². The van der Waals surface area contributed by atoms with Crippen molar-refractivity contribution in [3.63, 3.8) is 0 Å². The van der Waals surface area contributed by atoms with Crippen LogP contribution in [0.4, 0.5) is 0 Å². The Morgan fingerprint density at radius 2 is 2.25 bits per heavy atom. The lowest BCUT2D eigenvalue weighted by Crippen LogP contribution is -2.41. The number of aromatic nitrogens is 2. The zero-order chi connectivity index (χ0) is 11.5. The summed E-state index contributed by atoms with van der Waals surface area (Å²) in [5, 5.41) is 4.28. The van der Waals surface area contributed by atoms with Crippen molar-refractivity contribution in [2.75, 3.05) is 13.6 Å². The number of aryl methyl sites for hydroxylation is 1. The first kappa shape index (κ1) is 11.3. The lowest BCUT2D eigenvalue weighted by molar-refractivity contribution is 0.161. The normalized spacial score (nSPS) is 22.2. The smallest absolute Gasteiger partial charge is 0.266 e. The first-order chi connectivity index (χ1) is 7.66. The molecular weight excluding hydrogens is 202 g/mol. The Hall–Kier alpha value is -1.16. The lowest BCUT2D eigenvalue weighted by Gasteiger charge is -2.32. The van der Waals surface area contributed by atoms with E-state index in [0.717, 1.165) is 18.8 Å². The first-order valence-electron chi connectivity index (χ1n) is 5.92. The van der Waals surface area contributed by atoms with E-state index >= 15 is 0 Å². The zero-order valence-corrected chi connectivity index (χ0v) is 10.0. The maximum Gasteiger partial charge on any atom is 0.266 e. The first-order valence-corrected chi connectivity index (χ1v) is 5.92. The summed E-state index contributed by atoms with van der Waals surface area (Å²) >= 11 is 0. The van der Waals surface area contributed by atoms with E-state index in [1.165, 1.54) is 19.3 Å². The van der Waals surface area contributed by atoms with Gasteiger partial charge in [0.15, 0.2) is 0 Å². The predicted octanol–water partition coefficient (Wildman–Crippen LogP) is 1.04. The molecule has 1 unspecified atom stereocenters. The van der Waals surface area contributed by atoms with Crippen molar-refractivity contribution in [2.24, 2.45) is 0 Å². The third kappa shape index (κ3) is 2.50. The van der Waals surface area contributed by atoms with E-state index in [2.05, 4.69) is 17.0 Å². The van der Waals surface area contributed by atoms with Crippen LogP contribution < -0.4 is 5.56 Å². The van der Waals surface area contributed by atoms with E-state index in [0.29, 0.717) is 6.04 Å².